The first kappa shape index (κ1) is 15.0. The van der Waals surface area contributed by atoms with E-state index in [4.69, 9.17) is 4.74 Å². The molecule has 0 bridgehead atoms. The van der Waals surface area contributed by atoms with Crippen LogP contribution >= 0.6 is 0 Å². The summed E-state index contributed by atoms with van der Waals surface area (Å²) < 4.78 is 31.2. The van der Waals surface area contributed by atoms with E-state index in [1.165, 1.54) is 49.6 Å². The first-order valence-electron chi connectivity index (χ1n) is 6.34. The number of nitrogens with one attached hydrogen (secondary N) is 1. The van der Waals surface area contributed by atoms with Crippen LogP contribution in [0.25, 0.3) is 0 Å². The van der Waals surface area contributed by atoms with Crippen LogP contribution < -0.4 is 5.32 Å². The van der Waals surface area contributed by atoms with Crippen LogP contribution in [0.3, 0.4) is 0 Å². The van der Waals surface area contributed by atoms with Crippen molar-refractivity contribution in [1.82, 2.24) is 0 Å². The minimum Gasteiger partial charge on any atom is -0.467 e. The average molecular weight is 291 g/mol. The minimum atomic E-state index is -1.28. The lowest BCUT2D eigenvalue weighted by Gasteiger charge is -2.29. The van der Waals surface area contributed by atoms with E-state index in [1.807, 2.05) is 0 Å². The summed E-state index contributed by atoms with van der Waals surface area (Å²) in [5.74, 6) is -1.41. The van der Waals surface area contributed by atoms with Crippen molar-refractivity contribution < 1.29 is 18.3 Å². The number of carbonyl (C=O) groups is 1. The van der Waals surface area contributed by atoms with E-state index in [-0.39, 0.29) is 5.82 Å². The average Bonchev–Trinajstić information content (AvgIpc) is 2.48. The predicted octanol–water partition coefficient (Wildman–Crippen LogP) is 3.47. The van der Waals surface area contributed by atoms with Gasteiger partial charge in [0.2, 0.25) is 0 Å². The van der Waals surface area contributed by atoms with E-state index in [1.54, 1.807) is 13.0 Å². The smallest absolute Gasteiger partial charge is 0.335 e. The molecule has 0 heterocycles. The summed E-state index contributed by atoms with van der Waals surface area (Å²) >= 11 is 0. The summed E-state index contributed by atoms with van der Waals surface area (Å²) in [5.41, 5.74) is -0.346. The van der Waals surface area contributed by atoms with E-state index in [9.17, 15) is 13.6 Å². The number of methoxy groups -OCH3 is 1. The van der Waals surface area contributed by atoms with Crippen molar-refractivity contribution in [3.63, 3.8) is 0 Å². The topological polar surface area (TPSA) is 38.3 Å². The molecule has 110 valence electrons. The molecule has 21 heavy (non-hydrogen) atoms. The molecule has 0 saturated heterocycles. The van der Waals surface area contributed by atoms with Gasteiger partial charge in [0, 0.05) is 5.69 Å². The molecule has 0 aliphatic heterocycles. The molecular weight excluding hydrogens is 276 g/mol. The second-order valence-corrected chi connectivity index (χ2v) is 4.76. The Morgan fingerprint density at radius 2 is 1.76 bits per heavy atom. The number of halogens is 2. The van der Waals surface area contributed by atoms with Gasteiger partial charge in [0.1, 0.15) is 11.6 Å². The Morgan fingerprint density at radius 3 is 2.33 bits per heavy atom. The maximum absolute atomic E-state index is 13.4. The standard InChI is InChI=1S/C16H15F2NO2/c1-16(15(20)21-2,11-4-3-5-13(18)10-11)19-14-8-6-12(17)7-9-14/h3-10,19H,1-2H3. The number of esters is 1. The Hall–Kier alpha value is -2.43. The van der Waals surface area contributed by atoms with Gasteiger partial charge in [-0.1, -0.05) is 12.1 Å². The molecule has 0 radical (unpaired) electrons. The zero-order chi connectivity index (χ0) is 15.5. The van der Waals surface area contributed by atoms with Crippen molar-refractivity contribution in [1.29, 1.82) is 0 Å². The third-order valence-corrected chi connectivity index (χ3v) is 3.23. The van der Waals surface area contributed by atoms with Gasteiger partial charge in [0.15, 0.2) is 5.54 Å². The number of rotatable bonds is 4. The van der Waals surface area contributed by atoms with Crippen LogP contribution in [0.2, 0.25) is 0 Å². The highest BCUT2D eigenvalue weighted by Gasteiger charge is 2.36. The quantitative estimate of drug-likeness (QED) is 0.877. The molecule has 0 saturated carbocycles. The zero-order valence-corrected chi connectivity index (χ0v) is 11.7. The Kier molecular flexibility index (Phi) is 4.21. The molecule has 0 amide bonds. The highest BCUT2D eigenvalue weighted by atomic mass is 19.1. The van der Waals surface area contributed by atoms with Gasteiger partial charge in [-0.2, -0.15) is 0 Å². The summed E-state index contributed by atoms with van der Waals surface area (Å²) in [6, 6.07) is 11.2. The molecular formula is C16H15F2NO2. The molecule has 0 fully saturated rings. The van der Waals surface area contributed by atoms with Crippen LogP contribution in [-0.4, -0.2) is 13.1 Å². The fraction of sp³-hybridized carbons (Fsp3) is 0.188. The first-order chi connectivity index (χ1) is 9.95. The van der Waals surface area contributed by atoms with E-state index in [2.05, 4.69) is 5.32 Å². The van der Waals surface area contributed by atoms with Crippen LogP contribution in [0.15, 0.2) is 48.5 Å². The normalized spacial score (nSPS) is 13.3. The number of benzene rings is 2. The van der Waals surface area contributed by atoms with Gasteiger partial charge in [-0.25, -0.2) is 13.6 Å². The summed E-state index contributed by atoms with van der Waals surface area (Å²) in [6.45, 7) is 1.58. The molecule has 1 N–H and O–H groups in total. The van der Waals surface area contributed by atoms with Gasteiger partial charge >= 0.3 is 5.97 Å². The molecule has 0 aliphatic rings. The van der Waals surface area contributed by atoms with Crippen molar-refractivity contribution in [3.05, 3.63) is 65.7 Å². The lowest BCUT2D eigenvalue weighted by Crippen LogP contribution is -2.41. The first-order valence-corrected chi connectivity index (χ1v) is 6.34. The molecule has 5 heteroatoms. The van der Waals surface area contributed by atoms with Gasteiger partial charge in [0.05, 0.1) is 7.11 Å². The summed E-state index contributed by atoms with van der Waals surface area (Å²) in [6.07, 6.45) is 0. The number of hydrogen-bond acceptors (Lipinski definition) is 3. The molecule has 2 rings (SSSR count). The van der Waals surface area contributed by atoms with Gasteiger partial charge < -0.3 is 10.1 Å². The molecule has 1 atom stereocenters. The molecule has 2 aromatic carbocycles. The molecule has 3 nitrogen and oxygen atoms in total. The highest BCUT2D eigenvalue weighted by Crippen LogP contribution is 2.28. The summed E-state index contributed by atoms with van der Waals surface area (Å²) in [4.78, 5) is 12.1. The van der Waals surface area contributed by atoms with Crippen molar-refractivity contribution in [3.8, 4) is 0 Å². The predicted molar refractivity (Wildman–Crippen MR) is 75.8 cm³/mol. The van der Waals surface area contributed by atoms with E-state index in [0.717, 1.165) is 0 Å². The fourth-order valence-corrected chi connectivity index (χ4v) is 2.07. The molecule has 0 aliphatic carbocycles. The maximum Gasteiger partial charge on any atom is 0.335 e. The third-order valence-electron chi connectivity index (χ3n) is 3.23. The Labute approximate surface area is 121 Å². The second kappa shape index (κ2) is 5.91. The Bertz CT molecular complexity index is 643. The van der Waals surface area contributed by atoms with E-state index >= 15 is 0 Å². The van der Waals surface area contributed by atoms with Crippen molar-refractivity contribution in [2.24, 2.45) is 0 Å². The van der Waals surface area contributed by atoms with E-state index < -0.39 is 17.3 Å². The molecule has 2 aromatic rings. The minimum absolute atomic E-state index is 0.383. The lowest BCUT2D eigenvalue weighted by atomic mass is 9.91. The largest absolute Gasteiger partial charge is 0.467 e. The van der Waals surface area contributed by atoms with Gasteiger partial charge in [-0.05, 0) is 48.9 Å². The van der Waals surface area contributed by atoms with Crippen LogP contribution in [0.5, 0.6) is 0 Å². The second-order valence-electron chi connectivity index (χ2n) is 4.76. The van der Waals surface area contributed by atoms with E-state index in [0.29, 0.717) is 11.3 Å². The van der Waals surface area contributed by atoms with Gasteiger partial charge in [0.25, 0.3) is 0 Å². The molecule has 0 aromatic heterocycles. The maximum atomic E-state index is 13.4. The van der Waals surface area contributed by atoms with Crippen LogP contribution in [0.1, 0.15) is 12.5 Å². The lowest BCUT2D eigenvalue weighted by molar-refractivity contribution is -0.145. The summed E-state index contributed by atoms with van der Waals surface area (Å²) in [7, 11) is 1.26. The molecule has 1 unspecified atom stereocenters. The molecule has 0 spiro atoms. The number of carbonyl (C=O) groups excluding carboxylic acids is 1. The van der Waals surface area contributed by atoms with Gasteiger partial charge in [-0.3, -0.25) is 0 Å². The summed E-state index contributed by atoms with van der Waals surface area (Å²) in [5, 5.41) is 2.97. The van der Waals surface area contributed by atoms with Crippen LogP contribution in [-0.2, 0) is 15.1 Å². The Morgan fingerprint density at radius 1 is 1.10 bits per heavy atom. The van der Waals surface area contributed by atoms with Crippen molar-refractivity contribution in [2.45, 2.75) is 12.5 Å². The number of anilines is 1. The zero-order valence-electron chi connectivity index (χ0n) is 11.7. The monoisotopic (exact) mass is 291 g/mol. The number of ether oxygens (including phenoxy) is 1. The third kappa shape index (κ3) is 3.18. The van der Waals surface area contributed by atoms with Crippen molar-refractivity contribution in [2.75, 3.05) is 12.4 Å². The Balaban J connectivity index is 2.42. The SMILES string of the molecule is COC(=O)C(C)(Nc1ccc(F)cc1)c1cccc(F)c1. The fourth-order valence-electron chi connectivity index (χ4n) is 2.07. The number of hydrogen-bond donors (Lipinski definition) is 1. The van der Waals surface area contributed by atoms with Gasteiger partial charge in [-0.15, -0.1) is 0 Å². The van der Waals surface area contributed by atoms with Crippen LogP contribution in [0.4, 0.5) is 14.5 Å². The van der Waals surface area contributed by atoms with Crippen LogP contribution in [0, 0.1) is 11.6 Å². The highest BCUT2D eigenvalue weighted by molar-refractivity contribution is 5.85. The van der Waals surface area contributed by atoms with Crippen molar-refractivity contribution >= 4 is 11.7 Å².